The lowest BCUT2D eigenvalue weighted by Gasteiger charge is -2.07. The summed E-state index contributed by atoms with van der Waals surface area (Å²) in [7, 11) is 1.63. The number of allylic oxidation sites excluding steroid dienone is 2. The predicted octanol–water partition coefficient (Wildman–Crippen LogP) is 3.14. The highest BCUT2D eigenvalue weighted by Crippen LogP contribution is 2.34. The van der Waals surface area contributed by atoms with Gasteiger partial charge in [0.05, 0.1) is 11.1 Å². The van der Waals surface area contributed by atoms with Gasteiger partial charge in [-0.25, -0.2) is 4.98 Å². The summed E-state index contributed by atoms with van der Waals surface area (Å²) in [4.78, 5) is 31.1. The Hall–Kier alpha value is -2.41. The number of hydrogen-bond acceptors (Lipinski definition) is 8. The summed E-state index contributed by atoms with van der Waals surface area (Å²) in [6, 6.07) is 5.73. The SMILES string of the molecule is C/C(N)=C(/C#N)C(=O)CSc1nc2scc(-c3cccs3)c2c(=O)n1C. The first-order valence-corrected chi connectivity index (χ1v) is 10.2. The Morgan fingerprint density at radius 2 is 2.23 bits per heavy atom. The fourth-order valence-corrected chi connectivity index (χ4v) is 5.01. The summed E-state index contributed by atoms with van der Waals surface area (Å²) >= 11 is 4.09. The van der Waals surface area contributed by atoms with E-state index in [0.29, 0.717) is 15.4 Å². The van der Waals surface area contributed by atoms with Crippen LogP contribution >= 0.6 is 34.4 Å². The molecule has 0 atom stereocenters. The predicted molar refractivity (Wildman–Crippen MR) is 106 cm³/mol. The molecule has 0 aliphatic carbocycles. The number of carbonyl (C=O) groups excluding carboxylic acids is 1. The van der Waals surface area contributed by atoms with E-state index < -0.39 is 0 Å². The fourth-order valence-electron chi connectivity index (χ4n) is 2.37. The second kappa shape index (κ2) is 7.45. The number of thiophene rings is 2. The van der Waals surface area contributed by atoms with Crippen molar-refractivity contribution < 1.29 is 4.79 Å². The van der Waals surface area contributed by atoms with Crippen molar-refractivity contribution >= 4 is 50.4 Å². The molecule has 9 heteroatoms. The number of hydrogen-bond donors (Lipinski definition) is 1. The minimum atomic E-state index is -0.377. The quantitative estimate of drug-likeness (QED) is 0.304. The van der Waals surface area contributed by atoms with Gasteiger partial charge in [0.1, 0.15) is 16.5 Å². The van der Waals surface area contributed by atoms with Gasteiger partial charge in [-0.2, -0.15) is 5.26 Å². The average Bonchev–Trinajstić information content (AvgIpc) is 3.26. The van der Waals surface area contributed by atoms with E-state index in [9.17, 15) is 9.59 Å². The van der Waals surface area contributed by atoms with Crippen LogP contribution in [0.1, 0.15) is 6.92 Å². The van der Waals surface area contributed by atoms with E-state index in [1.165, 1.54) is 22.8 Å². The number of nitrogens with two attached hydrogens (primary N) is 1. The van der Waals surface area contributed by atoms with Crippen LogP contribution in [0.3, 0.4) is 0 Å². The minimum absolute atomic E-state index is 0.00756. The minimum Gasteiger partial charge on any atom is -0.401 e. The number of aromatic nitrogens is 2. The molecule has 0 aromatic carbocycles. The van der Waals surface area contributed by atoms with Gasteiger partial charge in [-0.3, -0.25) is 14.2 Å². The van der Waals surface area contributed by atoms with Crippen LogP contribution in [-0.4, -0.2) is 21.1 Å². The van der Waals surface area contributed by atoms with E-state index in [1.807, 2.05) is 29.0 Å². The highest BCUT2D eigenvalue weighted by Gasteiger charge is 2.18. The van der Waals surface area contributed by atoms with Gasteiger partial charge >= 0.3 is 0 Å². The van der Waals surface area contributed by atoms with Crippen LogP contribution in [-0.2, 0) is 11.8 Å². The lowest BCUT2D eigenvalue weighted by molar-refractivity contribution is -0.112. The van der Waals surface area contributed by atoms with Crippen molar-refractivity contribution in [2.24, 2.45) is 12.8 Å². The molecule has 6 nitrogen and oxygen atoms in total. The smallest absolute Gasteiger partial charge is 0.263 e. The van der Waals surface area contributed by atoms with Gasteiger partial charge in [-0.15, -0.1) is 22.7 Å². The number of fused-ring (bicyclic) bond motifs is 1. The van der Waals surface area contributed by atoms with Crippen LogP contribution in [0.15, 0.2) is 44.1 Å². The van der Waals surface area contributed by atoms with Crippen LogP contribution in [0.5, 0.6) is 0 Å². The van der Waals surface area contributed by atoms with Crippen molar-refractivity contribution in [2.75, 3.05) is 5.75 Å². The third-order valence-corrected chi connectivity index (χ3v) is 6.48. The summed E-state index contributed by atoms with van der Waals surface area (Å²) < 4.78 is 1.44. The first-order chi connectivity index (χ1) is 12.4. The van der Waals surface area contributed by atoms with E-state index in [0.717, 1.165) is 22.2 Å². The normalized spacial score (nSPS) is 12.0. The van der Waals surface area contributed by atoms with Crippen molar-refractivity contribution in [2.45, 2.75) is 12.1 Å². The average molecular weight is 403 g/mol. The van der Waals surface area contributed by atoms with Crippen molar-refractivity contribution in [1.82, 2.24) is 9.55 Å². The number of nitrogens with zero attached hydrogens (tertiary/aromatic N) is 3. The molecule has 132 valence electrons. The monoisotopic (exact) mass is 402 g/mol. The molecule has 0 fully saturated rings. The van der Waals surface area contributed by atoms with E-state index in [1.54, 1.807) is 18.4 Å². The molecule has 2 N–H and O–H groups in total. The van der Waals surface area contributed by atoms with Crippen molar-refractivity contribution in [3.8, 4) is 16.5 Å². The summed E-state index contributed by atoms with van der Waals surface area (Å²) in [6.07, 6.45) is 0. The number of Topliss-reactive ketones (excluding diaryl/α,β-unsaturated/α-hetero) is 1. The molecule has 3 heterocycles. The van der Waals surface area contributed by atoms with Crippen LogP contribution in [0.25, 0.3) is 20.7 Å². The van der Waals surface area contributed by atoms with Crippen LogP contribution < -0.4 is 11.3 Å². The van der Waals surface area contributed by atoms with Crippen molar-refractivity contribution in [3.63, 3.8) is 0 Å². The van der Waals surface area contributed by atoms with E-state index >= 15 is 0 Å². The maximum absolute atomic E-state index is 12.8. The summed E-state index contributed by atoms with van der Waals surface area (Å²) in [5, 5.41) is 13.9. The number of thioether (sulfide) groups is 1. The molecule has 3 rings (SSSR count). The van der Waals surface area contributed by atoms with Crippen molar-refractivity contribution in [3.05, 3.63) is 44.5 Å². The Kier molecular flexibility index (Phi) is 5.27. The molecule has 0 bridgehead atoms. The molecule has 0 amide bonds. The maximum atomic E-state index is 12.8. The maximum Gasteiger partial charge on any atom is 0.263 e. The van der Waals surface area contributed by atoms with Gasteiger partial charge < -0.3 is 5.73 Å². The summed E-state index contributed by atoms with van der Waals surface area (Å²) in [5.74, 6) is -0.385. The van der Waals surface area contributed by atoms with Gasteiger partial charge in [-0.05, 0) is 18.4 Å². The highest BCUT2D eigenvalue weighted by molar-refractivity contribution is 7.99. The zero-order valence-corrected chi connectivity index (χ0v) is 16.4. The Labute approximate surface area is 161 Å². The van der Waals surface area contributed by atoms with Gasteiger partial charge in [-0.1, -0.05) is 17.8 Å². The van der Waals surface area contributed by atoms with Gasteiger partial charge in [0.25, 0.3) is 5.56 Å². The van der Waals surface area contributed by atoms with E-state index in [2.05, 4.69) is 4.98 Å². The molecular formula is C17H14N4O2S3. The molecular weight excluding hydrogens is 388 g/mol. The topological polar surface area (TPSA) is 102 Å². The first-order valence-electron chi connectivity index (χ1n) is 7.48. The Morgan fingerprint density at radius 1 is 1.46 bits per heavy atom. The number of rotatable bonds is 5. The zero-order chi connectivity index (χ0) is 18.8. The fraction of sp³-hybridized carbons (Fsp3) is 0.176. The number of ketones is 1. The van der Waals surface area contributed by atoms with Gasteiger partial charge in [0.15, 0.2) is 10.9 Å². The number of nitriles is 1. The molecule has 0 aliphatic heterocycles. The van der Waals surface area contributed by atoms with Crippen LogP contribution in [0, 0.1) is 11.3 Å². The van der Waals surface area contributed by atoms with E-state index in [-0.39, 0.29) is 28.4 Å². The molecule has 3 aromatic heterocycles. The molecule has 0 unspecified atom stereocenters. The van der Waals surface area contributed by atoms with Crippen LogP contribution in [0.2, 0.25) is 0 Å². The molecule has 0 aliphatic rings. The molecule has 0 radical (unpaired) electrons. The lowest BCUT2D eigenvalue weighted by Crippen LogP contribution is -2.20. The molecule has 0 saturated carbocycles. The third kappa shape index (κ3) is 3.31. The lowest BCUT2D eigenvalue weighted by atomic mass is 10.2. The van der Waals surface area contributed by atoms with Crippen molar-refractivity contribution in [1.29, 1.82) is 5.26 Å². The van der Waals surface area contributed by atoms with Gasteiger partial charge in [0, 0.05) is 28.6 Å². The Balaban J connectivity index is 1.96. The number of carbonyl (C=O) groups is 1. The second-order valence-electron chi connectivity index (χ2n) is 5.45. The summed E-state index contributed by atoms with van der Waals surface area (Å²) in [6.45, 7) is 1.51. The largest absolute Gasteiger partial charge is 0.401 e. The first kappa shape index (κ1) is 18.4. The Morgan fingerprint density at radius 3 is 2.85 bits per heavy atom. The molecule has 3 aromatic rings. The molecule has 0 saturated heterocycles. The Bertz CT molecular complexity index is 1110. The van der Waals surface area contributed by atoms with E-state index in [4.69, 9.17) is 11.0 Å². The zero-order valence-electron chi connectivity index (χ0n) is 14.0. The van der Waals surface area contributed by atoms with Crippen LogP contribution in [0.4, 0.5) is 0 Å². The third-order valence-electron chi connectivity index (χ3n) is 3.68. The molecule has 0 spiro atoms. The second-order valence-corrected chi connectivity index (χ2v) is 8.20. The molecule has 26 heavy (non-hydrogen) atoms. The van der Waals surface area contributed by atoms with Gasteiger partial charge in [0.2, 0.25) is 0 Å². The highest BCUT2D eigenvalue weighted by atomic mass is 32.2. The summed E-state index contributed by atoms with van der Waals surface area (Å²) in [5.41, 5.74) is 6.42. The standard InChI is InChI=1S/C17H14N4O2S3/c1-9(19)10(6-18)12(22)8-26-17-20-15-14(16(23)21(17)2)11(7-25-15)13-4-3-5-24-13/h3-5,7H,8,19H2,1-2H3/b10-9+.